The van der Waals surface area contributed by atoms with E-state index in [0.29, 0.717) is 15.9 Å². The van der Waals surface area contributed by atoms with Crippen molar-refractivity contribution in [1.29, 1.82) is 0 Å². The number of halogens is 1. The highest BCUT2D eigenvalue weighted by Crippen LogP contribution is 2.31. The number of hydrogen-bond donors (Lipinski definition) is 2. The first-order valence-electron chi connectivity index (χ1n) is 6.82. The fraction of sp³-hybridized carbons (Fsp3) is 0.286. The van der Waals surface area contributed by atoms with Crippen LogP contribution in [0.2, 0.25) is 0 Å². The van der Waals surface area contributed by atoms with Gasteiger partial charge in [0, 0.05) is 17.1 Å². The predicted molar refractivity (Wildman–Crippen MR) is 96.9 cm³/mol. The van der Waals surface area contributed by atoms with Crippen LogP contribution >= 0.6 is 39.0 Å². The summed E-state index contributed by atoms with van der Waals surface area (Å²) in [6.45, 7) is 3.35. The Morgan fingerprint density at radius 1 is 1.26 bits per heavy atom. The lowest BCUT2D eigenvalue weighted by atomic mass is 10.3. The van der Waals surface area contributed by atoms with Crippen molar-refractivity contribution in [3.05, 3.63) is 28.7 Å². The third-order valence-electron chi connectivity index (χ3n) is 2.71. The van der Waals surface area contributed by atoms with Crippen molar-refractivity contribution >= 4 is 61.7 Å². The Morgan fingerprint density at radius 2 is 1.96 bits per heavy atom. The summed E-state index contributed by atoms with van der Waals surface area (Å²) in [6, 6.07) is 7.40. The number of nitrogens with one attached hydrogen (secondary N) is 2. The van der Waals surface area contributed by atoms with Crippen LogP contribution in [0.25, 0.3) is 0 Å². The molecule has 9 heteroatoms. The number of thioether (sulfide) groups is 1. The number of anilines is 2. The van der Waals surface area contributed by atoms with Gasteiger partial charge in [-0.05, 0) is 30.7 Å². The van der Waals surface area contributed by atoms with E-state index in [4.69, 9.17) is 0 Å². The van der Waals surface area contributed by atoms with Gasteiger partial charge in [-0.15, -0.1) is 10.2 Å². The first-order valence-corrected chi connectivity index (χ1v) is 9.31. The molecule has 1 atom stereocenters. The zero-order chi connectivity index (χ0) is 16.8. The molecule has 2 N–H and O–H groups in total. The molecule has 6 nitrogen and oxygen atoms in total. The molecule has 0 aliphatic rings. The predicted octanol–water partition coefficient (Wildman–Crippen LogP) is 3.77. The quantitative estimate of drug-likeness (QED) is 0.554. The molecule has 0 aliphatic heterocycles. The number of aromatic nitrogens is 2. The topological polar surface area (TPSA) is 84.0 Å². The van der Waals surface area contributed by atoms with Crippen molar-refractivity contribution in [1.82, 2.24) is 10.2 Å². The molecular formula is C14H15BrN4O2S2. The smallest absolute Gasteiger partial charge is 0.237 e. The SMILES string of the molecule is CC[C@@H](Sc1nnc(NC(C)=O)s1)C(=O)Nc1ccc(Br)cc1. The molecular weight excluding hydrogens is 400 g/mol. The Labute approximate surface area is 150 Å². The molecule has 1 heterocycles. The minimum absolute atomic E-state index is 0.0869. The number of nitrogens with zero attached hydrogens (tertiary/aromatic N) is 2. The average Bonchev–Trinajstić information content (AvgIpc) is 2.93. The molecule has 1 aromatic heterocycles. The Hall–Kier alpha value is -1.45. The van der Waals surface area contributed by atoms with Crippen molar-refractivity contribution in [3.8, 4) is 0 Å². The van der Waals surface area contributed by atoms with Gasteiger partial charge in [0.05, 0.1) is 5.25 Å². The third kappa shape index (κ3) is 5.60. The average molecular weight is 415 g/mol. The molecule has 2 aromatic rings. The maximum Gasteiger partial charge on any atom is 0.237 e. The fourth-order valence-electron chi connectivity index (χ4n) is 1.66. The van der Waals surface area contributed by atoms with Crippen LogP contribution in [0.3, 0.4) is 0 Å². The molecule has 1 aromatic carbocycles. The summed E-state index contributed by atoms with van der Waals surface area (Å²) >= 11 is 5.95. The van der Waals surface area contributed by atoms with E-state index in [-0.39, 0.29) is 17.1 Å². The fourth-order valence-corrected chi connectivity index (χ4v) is 3.89. The van der Waals surface area contributed by atoms with Gasteiger partial charge in [0.25, 0.3) is 0 Å². The highest BCUT2D eigenvalue weighted by molar-refractivity contribution is 9.10. The van der Waals surface area contributed by atoms with Crippen molar-refractivity contribution in [2.24, 2.45) is 0 Å². The zero-order valence-electron chi connectivity index (χ0n) is 12.5. The molecule has 0 spiro atoms. The molecule has 0 saturated heterocycles. The van der Waals surface area contributed by atoms with Gasteiger partial charge in [-0.1, -0.05) is 46.0 Å². The van der Waals surface area contributed by atoms with E-state index in [9.17, 15) is 9.59 Å². The molecule has 0 aliphatic carbocycles. The molecule has 2 rings (SSSR count). The van der Waals surface area contributed by atoms with Gasteiger partial charge in [0.2, 0.25) is 16.9 Å². The Morgan fingerprint density at radius 3 is 2.57 bits per heavy atom. The Bertz CT molecular complexity index is 690. The van der Waals surface area contributed by atoms with Gasteiger partial charge in [-0.25, -0.2) is 0 Å². The highest BCUT2D eigenvalue weighted by atomic mass is 79.9. The van der Waals surface area contributed by atoms with Crippen LogP contribution in [-0.4, -0.2) is 27.3 Å². The van der Waals surface area contributed by atoms with E-state index >= 15 is 0 Å². The second-order valence-corrected chi connectivity index (χ2v) is 7.91. The van der Waals surface area contributed by atoms with Crippen LogP contribution in [0, 0.1) is 0 Å². The summed E-state index contributed by atoms with van der Waals surface area (Å²) in [5, 5.41) is 13.5. The second kappa shape index (κ2) is 8.42. The van der Waals surface area contributed by atoms with Crippen LogP contribution in [0.15, 0.2) is 33.1 Å². The number of rotatable bonds is 6. The summed E-state index contributed by atoms with van der Waals surface area (Å²) in [7, 11) is 0. The van der Waals surface area contributed by atoms with E-state index in [0.717, 1.165) is 10.2 Å². The second-order valence-electron chi connectivity index (χ2n) is 4.57. The number of benzene rings is 1. The summed E-state index contributed by atoms with van der Waals surface area (Å²) in [5.74, 6) is -0.283. The van der Waals surface area contributed by atoms with Gasteiger partial charge in [-0.2, -0.15) is 0 Å². The van der Waals surface area contributed by atoms with Gasteiger partial charge in [0.15, 0.2) is 4.34 Å². The van der Waals surface area contributed by atoms with Gasteiger partial charge < -0.3 is 10.6 Å². The van der Waals surface area contributed by atoms with E-state index in [1.165, 1.54) is 30.0 Å². The lowest BCUT2D eigenvalue weighted by Gasteiger charge is -2.13. The number of carbonyl (C=O) groups excluding carboxylic acids is 2. The van der Waals surface area contributed by atoms with E-state index < -0.39 is 0 Å². The van der Waals surface area contributed by atoms with Crippen molar-refractivity contribution < 1.29 is 9.59 Å². The standard InChI is InChI=1S/C14H15BrN4O2S2/c1-3-11(12(21)17-10-6-4-9(15)5-7-10)22-14-19-18-13(23-14)16-8(2)20/h4-7,11H,3H2,1-2H3,(H,17,21)(H,16,18,20)/t11-/m1/s1. The first kappa shape index (κ1) is 17.9. The molecule has 0 saturated carbocycles. The first-order chi connectivity index (χ1) is 11.0. The summed E-state index contributed by atoms with van der Waals surface area (Å²) < 4.78 is 1.60. The van der Waals surface area contributed by atoms with Gasteiger partial charge in [0.1, 0.15) is 0 Å². The third-order valence-corrected chi connectivity index (χ3v) is 5.52. The van der Waals surface area contributed by atoms with E-state index in [2.05, 4.69) is 36.8 Å². The van der Waals surface area contributed by atoms with Crippen LogP contribution < -0.4 is 10.6 Å². The number of carbonyl (C=O) groups is 2. The summed E-state index contributed by atoms with van der Waals surface area (Å²) in [5.41, 5.74) is 0.744. The summed E-state index contributed by atoms with van der Waals surface area (Å²) in [6.07, 6.45) is 0.655. The monoisotopic (exact) mass is 414 g/mol. The zero-order valence-corrected chi connectivity index (χ0v) is 15.7. The van der Waals surface area contributed by atoms with Crippen LogP contribution in [0.1, 0.15) is 20.3 Å². The molecule has 23 heavy (non-hydrogen) atoms. The molecule has 0 bridgehead atoms. The largest absolute Gasteiger partial charge is 0.325 e. The Kier molecular flexibility index (Phi) is 6.55. The maximum absolute atomic E-state index is 12.4. The minimum atomic E-state index is -0.281. The minimum Gasteiger partial charge on any atom is -0.325 e. The normalized spacial score (nSPS) is 11.8. The molecule has 122 valence electrons. The van der Waals surface area contributed by atoms with Crippen LogP contribution in [-0.2, 0) is 9.59 Å². The Balaban J connectivity index is 1.98. The molecule has 2 amide bonds. The summed E-state index contributed by atoms with van der Waals surface area (Å²) in [4.78, 5) is 23.4. The van der Waals surface area contributed by atoms with Crippen LogP contribution in [0.5, 0.6) is 0 Å². The molecule has 0 radical (unpaired) electrons. The van der Waals surface area contributed by atoms with Crippen molar-refractivity contribution in [2.75, 3.05) is 10.6 Å². The molecule has 0 fully saturated rings. The van der Waals surface area contributed by atoms with Gasteiger partial charge >= 0.3 is 0 Å². The van der Waals surface area contributed by atoms with Crippen molar-refractivity contribution in [2.45, 2.75) is 29.9 Å². The maximum atomic E-state index is 12.4. The highest BCUT2D eigenvalue weighted by Gasteiger charge is 2.20. The van der Waals surface area contributed by atoms with E-state index in [1.807, 2.05) is 31.2 Å². The van der Waals surface area contributed by atoms with Crippen LogP contribution in [0.4, 0.5) is 10.8 Å². The van der Waals surface area contributed by atoms with E-state index in [1.54, 1.807) is 0 Å². The number of amides is 2. The van der Waals surface area contributed by atoms with Gasteiger partial charge in [-0.3, -0.25) is 9.59 Å². The lowest BCUT2D eigenvalue weighted by molar-refractivity contribution is -0.116. The molecule has 0 unspecified atom stereocenters. The lowest BCUT2D eigenvalue weighted by Crippen LogP contribution is -2.24. The van der Waals surface area contributed by atoms with Crippen molar-refractivity contribution in [3.63, 3.8) is 0 Å². The number of hydrogen-bond acceptors (Lipinski definition) is 6.